The molecule has 0 spiro atoms. The maximum absolute atomic E-state index is 11.0. The van der Waals surface area contributed by atoms with E-state index in [4.69, 9.17) is 4.74 Å². The van der Waals surface area contributed by atoms with Gasteiger partial charge in [-0.1, -0.05) is 0 Å². The second-order valence-electron chi connectivity index (χ2n) is 2.55. The normalized spacial score (nSPS) is 12.7. The molecule has 2 heterocycles. The van der Waals surface area contributed by atoms with E-state index >= 15 is 0 Å². The first-order valence-electron chi connectivity index (χ1n) is 3.63. The molecule has 0 bridgehead atoms. The zero-order chi connectivity index (χ0) is 8.55. The van der Waals surface area contributed by atoms with Crippen LogP contribution in [-0.2, 0) is 6.42 Å². The molecule has 0 saturated carbocycles. The van der Waals surface area contributed by atoms with Crippen LogP contribution >= 0.6 is 12.6 Å². The first kappa shape index (κ1) is 11.0. The van der Waals surface area contributed by atoms with Crippen molar-refractivity contribution >= 4 is 17.7 Å². The fourth-order valence-corrected chi connectivity index (χ4v) is 1.50. The number of ether oxygens (including phenoxy) is 1. The molecule has 2 rings (SSSR count). The number of hydrogen-bond donors (Lipinski definition) is 1. The van der Waals surface area contributed by atoms with Gasteiger partial charge in [0.05, 0.1) is 6.61 Å². The maximum atomic E-state index is 11.0. The summed E-state index contributed by atoms with van der Waals surface area (Å²) in [6.45, 7) is 0.612. The Morgan fingerprint density at radius 1 is 1.69 bits per heavy atom. The van der Waals surface area contributed by atoms with E-state index < -0.39 is 0 Å². The second-order valence-corrected chi connectivity index (χ2v) is 2.95. The van der Waals surface area contributed by atoms with Gasteiger partial charge < -0.3 is 6.16 Å². The molecule has 64 valence electrons. The zero-order valence-corrected chi connectivity index (χ0v) is 10.2. The molecule has 1 aromatic heterocycles. The molecular weight excluding hydrogens is 197 g/mol. The van der Waals surface area contributed by atoms with E-state index in [2.05, 4.69) is 17.6 Å². The molecule has 0 atom stereocenters. The fraction of sp³-hybridized carbons (Fsp3) is 0.250. The van der Waals surface area contributed by atoms with Crippen LogP contribution < -0.4 is 34.3 Å². The molecular formula is C8H8NNaO2S. The average molecular weight is 205 g/mol. The molecule has 0 radical (unpaired) electrons. The summed E-state index contributed by atoms with van der Waals surface area (Å²) in [6.07, 6.45) is 2.32. The fourth-order valence-electron chi connectivity index (χ4n) is 1.29. The van der Waals surface area contributed by atoms with Gasteiger partial charge in [0, 0.05) is 23.7 Å². The summed E-state index contributed by atoms with van der Waals surface area (Å²) in [4.78, 5) is 15.0. The van der Waals surface area contributed by atoms with E-state index in [-0.39, 0.29) is 36.1 Å². The van der Waals surface area contributed by atoms with Crippen LogP contribution in [0, 0.1) is 0 Å². The van der Waals surface area contributed by atoms with Gasteiger partial charge in [0.2, 0.25) is 11.0 Å². The van der Waals surface area contributed by atoms with Crippen molar-refractivity contribution in [3.05, 3.63) is 23.4 Å². The van der Waals surface area contributed by atoms with E-state index in [1.807, 2.05) is 0 Å². The van der Waals surface area contributed by atoms with Crippen molar-refractivity contribution in [1.29, 1.82) is 0 Å². The predicted octanol–water partition coefficient (Wildman–Crippen LogP) is -1.80. The minimum atomic E-state index is -0.223. The van der Waals surface area contributed by atoms with Gasteiger partial charge >= 0.3 is 29.6 Å². The monoisotopic (exact) mass is 205 g/mol. The van der Waals surface area contributed by atoms with Gasteiger partial charge in [0.25, 0.3) is 0 Å². The van der Waals surface area contributed by atoms with Gasteiger partial charge in [-0.2, -0.15) is 0 Å². The Hall–Kier alpha value is -0.0300. The molecule has 0 N–H and O–H groups in total. The third-order valence-electron chi connectivity index (χ3n) is 1.84. The van der Waals surface area contributed by atoms with E-state index in [9.17, 15) is 4.79 Å². The number of carbonyl (C=O) groups excluding carboxylic acids is 1. The van der Waals surface area contributed by atoms with Crippen LogP contribution in [0.15, 0.2) is 12.3 Å². The number of thiol groups is 1. The smallest absolute Gasteiger partial charge is 1.00 e. The number of aromatic nitrogens is 1. The Balaban J connectivity index is 0.000000845. The van der Waals surface area contributed by atoms with Crippen LogP contribution in [0.5, 0.6) is 5.88 Å². The molecule has 0 fully saturated rings. The molecule has 13 heavy (non-hydrogen) atoms. The molecule has 0 aromatic carbocycles. The Labute approximate surface area is 105 Å². The van der Waals surface area contributed by atoms with Gasteiger partial charge in [0.1, 0.15) is 0 Å². The Kier molecular flexibility index (Phi) is 3.79. The molecule has 0 aliphatic carbocycles. The number of rotatable bonds is 1. The summed E-state index contributed by atoms with van der Waals surface area (Å²) in [6, 6.07) is 1.67. The van der Waals surface area contributed by atoms with Crippen molar-refractivity contribution in [2.45, 2.75) is 6.42 Å². The minimum Gasteiger partial charge on any atom is -1.00 e. The third-order valence-corrected chi connectivity index (χ3v) is 2.08. The molecule has 1 aromatic rings. The number of fused-ring (bicyclic) bond motifs is 1. The summed E-state index contributed by atoms with van der Waals surface area (Å²) in [5.74, 6) is 0.579. The van der Waals surface area contributed by atoms with Crippen molar-refractivity contribution in [2.75, 3.05) is 6.61 Å². The molecule has 1 aliphatic rings. The number of pyridine rings is 1. The Morgan fingerprint density at radius 3 is 3.15 bits per heavy atom. The van der Waals surface area contributed by atoms with E-state index in [0.29, 0.717) is 18.1 Å². The summed E-state index contributed by atoms with van der Waals surface area (Å²) >= 11 is 3.76. The summed E-state index contributed by atoms with van der Waals surface area (Å²) in [7, 11) is 0. The first-order valence-corrected chi connectivity index (χ1v) is 4.08. The molecule has 0 amide bonds. The quantitative estimate of drug-likeness (QED) is 0.434. The van der Waals surface area contributed by atoms with Crippen molar-refractivity contribution < 1.29 is 40.5 Å². The van der Waals surface area contributed by atoms with Crippen molar-refractivity contribution in [1.82, 2.24) is 4.98 Å². The van der Waals surface area contributed by atoms with Crippen LogP contribution in [-0.4, -0.2) is 16.7 Å². The van der Waals surface area contributed by atoms with Crippen molar-refractivity contribution in [3.8, 4) is 5.88 Å². The summed E-state index contributed by atoms with van der Waals surface area (Å²) in [5.41, 5.74) is 1.50. The molecule has 5 heteroatoms. The Bertz CT molecular complexity index is 348. The third kappa shape index (κ3) is 2.07. The standard InChI is InChI=1S/C8H7NO2S.Na.H/c10-8(12)6-1-3-9-7-5(6)2-4-11-7;;/h1,3H,2,4H2,(H,10,12);;/q;+1;-1. The molecule has 0 saturated heterocycles. The minimum absolute atomic E-state index is 0. The van der Waals surface area contributed by atoms with Crippen LogP contribution in [0.4, 0.5) is 0 Å². The first-order chi connectivity index (χ1) is 5.79. The van der Waals surface area contributed by atoms with Gasteiger partial charge in [-0.3, -0.25) is 4.79 Å². The number of hydrogen-bond acceptors (Lipinski definition) is 3. The summed E-state index contributed by atoms with van der Waals surface area (Å²) in [5, 5.41) is -0.223. The van der Waals surface area contributed by atoms with Crippen LogP contribution in [0.2, 0.25) is 0 Å². The van der Waals surface area contributed by atoms with Crippen LogP contribution in [0.1, 0.15) is 17.3 Å². The second kappa shape index (κ2) is 4.46. The van der Waals surface area contributed by atoms with Crippen LogP contribution in [0.3, 0.4) is 0 Å². The predicted molar refractivity (Wildman–Crippen MR) is 47.9 cm³/mol. The number of nitrogens with zero attached hydrogens (tertiary/aromatic N) is 1. The Morgan fingerprint density at radius 2 is 2.46 bits per heavy atom. The maximum Gasteiger partial charge on any atom is 1.00 e. The number of carbonyl (C=O) groups is 1. The van der Waals surface area contributed by atoms with Gasteiger partial charge in [-0.15, -0.1) is 12.6 Å². The molecule has 1 aliphatic heterocycles. The topological polar surface area (TPSA) is 39.2 Å². The molecule has 3 nitrogen and oxygen atoms in total. The van der Waals surface area contributed by atoms with Gasteiger partial charge in [-0.05, 0) is 6.07 Å². The van der Waals surface area contributed by atoms with E-state index in [0.717, 1.165) is 12.0 Å². The van der Waals surface area contributed by atoms with Crippen LogP contribution in [0.25, 0.3) is 0 Å². The average Bonchev–Trinajstić information content (AvgIpc) is 2.49. The van der Waals surface area contributed by atoms with E-state index in [1.54, 1.807) is 12.3 Å². The zero-order valence-electron chi connectivity index (χ0n) is 8.28. The van der Waals surface area contributed by atoms with E-state index in [1.165, 1.54) is 0 Å². The summed E-state index contributed by atoms with van der Waals surface area (Å²) < 4.78 is 5.19. The largest absolute Gasteiger partial charge is 1.00 e. The SMILES string of the molecule is O=C(S)c1ccnc2c1CCO2.[H-].[Na+]. The van der Waals surface area contributed by atoms with Crippen molar-refractivity contribution in [2.24, 2.45) is 0 Å². The molecule has 0 unspecified atom stereocenters. The van der Waals surface area contributed by atoms with Gasteiger partial charge in [-0.25, -0.2) is 4.98 Å². The van der Waals surface area contributed by atoms with Gasteiger partial charge in [0.15, 0.2) is 0 Å². The van der Waals surface area contributed by atoms with Crippen molar-refractivity contribution in [3.63, 3.8) is 0 Å².